The largest absolute Gasteiger partial charge is 0.507 e. The number of epoxide rings is 1. The molecule has 2 fully saturated rings. The van der Waals surface area contributed by atoms with Gasteiger partial charge in [-0.15, -0.1) is 0 Å². The van der Waals surface area contributed by atoms with Gasteiger partial charge in [-0.3, -0.25) is 4.79 Å². The number of aromatic nitrogens is 2. The molecule has 4 aromatic rings. The van der Waals surface area contributed by atoms with Crippen LogP contribution in [0.3, 0.4) is 0 Å². The summed E-state index contributed by atoms with van der Waals surface area (Å²) in [5, 5.41) is 23.3. The maximum atomic E-state index is 14.7. The van der Waals surface area contributed by atoms with Gasteiger partial charge in [0.15, 0.2) is 11.0 Å². The molecule has 0 saturated carbocycles. The minimum atomic E-state index is -1.18. The van der Waals surface area contributed by atoms with E-state index in [1.807, 2.05) is 39.2 Å². The quantitative estimate of drug-likeness (QED) is 0.0756. The minimum Gasteiger partial charge on any atom is -0.507 e. The Kier molecular flexibility index (Phi) is 8.62. The zero-order valence-corrected chi connectivity index (χ0v) is 33.6. The Bertz CT molecular complexity index is 2580. The number of aromatic hydroxyl groups is 1. The van der Waals surface area contributed by atoms with Crippen molar-refractivity contribution in [2.45, 2.75) is 88.0 Å². The number of nitrogens with one attached hydrogen (secondary N) is 4. The van der Waals surface area contributed by atoms with Crippen LogP contribution in [0.2, 0.25) is 0 Å². The van der Waals surface area contributed by atoms with Gasteiger partial charge in [-0.2, -0.15) is 0 Å². The summed E-state index contributed by atoms with van der Waals surface area (Å²) >= 11 is 0. The molecule has 3 aromatic heterocycles. The molecule has 0 radical (unpaired) electrons. The topological polar surface area (TPSA) is 207 Å². The number of aryl methyl sites for hydroxylation is 1. The normalized spacial score (nSPS) is 31.6. The highest BCUT2D eigenvalue weighted by atomic mass is 16.7. The molecule has 7 aliphatic rings. The second-order valence-electron chi connectivity index (χ2n) is 17.6. The van der Waals surface area contributed by atoms with E-state index in [9.17, 15) is 14.7 Å². The van der Waals surface area contributed by atoms with Crippen molar-refractivity contribution in [2.24, 2.45) is 29.2 Å². The number of hydrogen-bond donors (Lipinski definition) is 7. The van der Waals surface area contributed by atoms with Crippen LogP contribution >= 0.6 is 0 Å². The van der Waals surface area contributed by atoms with E-state index in [1.54, 1.807) is 13.0 Å². The molecular weight excluding hydrogens is 751 g/mol. The fourth-order valence-electron chi connectivity index (χ4n) is 10.6. The first-order chi connectivity index (χ1) is 28.3. The number of hydrogen-bond acceptors (Lipinski definition) is 12. The molecule has 308 valence electrons. The Morgan fingerprint density at radius 3 is 2.71 bits per heavy atom. The molecule has 11 rings (SSSR count). The Hall–Kier alpha value is -5.86. The van der Waals surface area contributed by atoms with Crippen molar-refractivity contribution in [1.82, 2.24) is 25.5 Å². The van der Waals surface area contributed by atoms with Crippen molar-refractivity contribution < 1.29 is 28.5 Å². The fourth-order valence-corrected chi connectivity index (χ4v) is 10.6. The number of dihydropyridines is 2. The first kappa shape index (κ1) is 37.4. The number of carbonyl (C=O) groups excluding carboxylic acids is 1. The smallest absolute Gasteiger partial charge is 0.342 e. The third kappa shape index (κ3) is 6.22. The van der Waals surface area contributed by atoms with E-state index >= 15 is 0 Å². The van der Waals surface area contributed by atoms with Crippen LogP contribution in [0.25, 0.3) is 21.9 Å². The monoisotopic (exact) mass is 801 g/mol. The summed E-state index contributed by atoms with van der Waals surface area (Å²) in [5.74, 6) is 0.497. The van der Waals surface area contributed by atoms with Crippen LogP contribution < -0.4 is 37.6 Å². The van der Waals surface area contributed by atoms with E-state index in [1.165, 1.54) is 6.07 Å². The second kappa shape index (κ2) is 13.6. The number of esters is 1. The maximum absolute atomic E-state index is 14.7. The third-order valence-electron chi connectivity index (χ3n) is 13.2. The van der Waals surface area contributed by atoms with E-state index < -0.39 is 35.3 Å². The number of allylic oxidation sites excluding steroid dienone is 3. The lowest BCUT2D eigenvalue weighted by molar-refractivity contribution is -0.172. The molecule has 2 unspecified atom stereocenters. The summed E-state index contributed by atoms with van der Waals surface area (Å²) in [6.45, 7) is 6.85. The number of ether oxygens (including phenoxy) is 3. The Morgan fingerprint density at radius 1 is 1.07 bits per heavy atom. The van der Waals surface area contributed by atoms with E-state index in [0.717, 1.165) is 22.0 Å². The van der Waals surface area contributed by atoms with Gasteiger partial charge in [-0.25, -0.2) is 4.79 Å². The summed E-state index contributed by atoms with van der Waals surface area (Å²) in [6.07, 6.45) is 19.3. The van der Waals surface area contributed by atoms with Gasteiger partial charge >= 0.3 is 5.97 Å². The van der Waals surface area contributed by atoms with Crippen molar-refractivity contribution >= 4 is 27.8 Å². The van der Waals surface area contributed by atoms with Gasteiger partial charge in [0.25, 0.3) is 0 Å². The average Bonchev–Trinajstić information content (AvgIpc) is 3.52. The molecule has 2 saturated heterocycles. The molecule has 1 spiro atoms. The van der Waals surface area contributed by atoms with E-state index in [-0.39, 0.29) is 52.0 Å². The van der Waals surface area contributed by atoms with Gasteiger partial charge in [-0.1, -0.05) is 24.3 Å². The lowest BCUT2D eigenvalue weighted by Crippen LogP contribution is -2.54. The number of fused-ring (bicyclic) bond motifs is 5. The van der Waals surface area contributed by atoms with Gasteiger partial charge < -0.3 is 60.7 Å². The van der Waals surface area contributed by atoms with Gasteiger partial charge in [0, 0.05) is 60.1 Å². The molecule has 2 bridgehead atoms. The number of H-pyrrole nitrogens is 1. The highest BCUT2D eigenvalue weighted by Gasteiger charge is 2.70. The highest BCUT2D eigenvalue weighted by molar-refractivity contribution is 5.88. The molecule has 9 heterocycles. The minimum absolute atomic E-state index is 0.0267. The summed E-state index contributed by atoms with van der Waals surface area (Å²) < 4.78 is 27.8. The fraction of sp³-hybridized carbons (Fsp3) is 0.422. The van der Waals surface area contributed by atoms with Crippen molar-refractivity contribution in [3.05, 3.63) is 118 Å². The Balaban J connectivity index is 0.921. The number of nitrogens with zero attached hydrogens (tertiary/aromatic N) is 1. The second-order valence-corrected chi connectivity index (χ2v) is 17.6. The van der Waals surface area contributed by atoms with Crippen LogP contribution in [-0.4, -0.2) is 69.7 Å². The molecule has 14 heteroatoms. The van der Waals surface area contributed by atoms with Crippen LogP contribution in [0.15, 0.2) is 105 Å². The number of carbonyl (C=O) groups is 1. The van der Waals surface area contributed by atoms with Crippen LogP contribution in [-0.2, 0) is 20.8 Å². The van der Waals surface area contributed by atoms with Crippen LogP contribution in [0.1, 0.15) is 50.4 Å². The average molecular weight is 802 g/mol. The zero-order chi connectivity index (χ0) is 41.0. The van der Waals surface area contributed by atoms with Gasteiger partial charge in [-0.05, 0) is 94.8 Å². The summed E-state index contributed by atoms with van der Waals surface area (Å²) in [5.41, 5.74) is 14.2. The molecule has 9 atom stereocenters. The summed E-state index contributed by atoms with van der Waals surface area (Å²) in [7, 11) is 1.92. The molecule has 1 aliphatic carbocycles. The molecule has 6 aliphatic heterocycles. The molecular formula is C45H51N7O7. The SMILES string of the molecule is CNC[C@H]1C[C@@H]2C=C[C@@H]1[C@H]1c3c(cc4oc(C)cc(=O)c4c3O)OC(C)(C)[C@@H]1OC(=O)[C@]21O[C@@H]1CCC1=CC(C2=CC(Cn3cc4cc[nH]c4c3)NC(N)=C2)NC(N)=C1. The lowest BCUT2D eigenvalue weighted by atomic mass is 9.64. The van der Waals surface area contributed by atoms with Crippen molar-refractivity contribution in [1.29, 1.82) is 0 Å². The van der Waals surface area contributed by atoms with Crippen LogP contribution in [0.5, 0.6) is 11.5 Å². The van der Waals surface area contributed by atoms with Gasteiger partial charge in [0.2, 0.25) is 0 Å². The number of rotatable bonds is 8. The number of nitrogens with two attached hydrogens (primary N) is 2. The molecule has 9 N–H and O–H groups in total. The Labute approximate surface area is 341 Å². The predicted molar refractivity (Wildman–Crippen MR) is 222 cm³/mol. The zero-order valence-electron chi connectivity index (χ0n) is 33.6. The van der Waals surface area contributed by atoms with E-state index in [4.69, 9.17) is 30.1 Å². The first-order valence-electron chi connectivity index (χ1n) is 20.5. The number of benzene rings is 1. The maximum Gasteiger partial charge on any atom is 0.342 e. The molecule has 0 amide bonds. The van der Waals surface area contributed by atoms with Gasteiger partial charge in [0.1, 0.15) is 39.9 Å². The number of phenols is 1. The summed E-state index contributed by atoms with van der Waals surface area (Å²) in [6, 6.07) is 4.89. The van der Waals surface area contributed by atoms with Crippen LogP contribution in [0.4, 0.5) is 0 Å². The predicted octanol–water partition coefficient (Wildman–Crippen LogP) is 4.31. The van der Waals surface area contributed by atoms with Crippen molar-refractivity contribution in [3.8, 4) is 11.5 Å². The third-order valence-corrected chi connectivity index (χ3v) is 13.2. The summed E-state index contributed by atoms with van der Waals surface area (Å²) in [4.78, 5) is 31.2. The lowest BCUT2D eigenvalue weighted by Gasteiger charge is -2.47. The number of aromatic amines is 1. The standard InChI is InChI=1S/C45H51N7O7/c1-22-11-32(53)39-33(56-22)17-34-40(41(39)54)38-29-7-6-27(14-26(29)18-48-4)45(43(55)57-42(38)44(2,3)58-34)35(59-45)8-5-23-12-30(51-36(46)13-23)25-15-28(50-37(47)16-25)20-52-19-24-9-10-49-31(24)21-52/h6-7,9-13,15-17,19,21,26-30,35,38,42,48-51,54H,5,8,14,18,20,46-47H2,1-4H3/t26-,27+,28?,29+,30?,35-,38+,42-,45+/m1/s1. The molecule has 14 nitrogen and oxygen atoms in total. The van der Waals surface area contributed by atoms with E-state index in [0.29, 0.717) is 61.1 Å². The van der Waals surface area contributed by atoms with Crippen LogP contribution in [0, 0.1) is 24.7 Å². The van der Waals surface area contributed by atoms with Gasteiger partial charge in [0.05, 0.1) is 35.3 Å². The highest BCUT2D eigenvalue weighted by Crippen LogP contribution is 2.59. The molecule has 1 aromatic carbocycles. The van der Waals surface area contributed by atoms with Crippen molar-refractivity contribution in [2.75, 3.05) is 13.6 Å². The Morgan fingerprint density at radius 2 is 1.90 bits per heavy atom. The molecule has 59 heavy (non-hydrogen) atoms. The first-order valence-corrected chi connectivity index (χ1v) is 20.5. The van der Waals surface area contributed by atoms with E-state index in [2.05, 4.69) is 68.3 Å². The number of phenolic OH excluding ortho intramolecular Hbond substituents is 1. The van der Waals surface area contributed by atoms with Crippen molar-refractivity contribution in [3.63, 3.8) is 0 Å².